The lowest BCUT2D eigenvalue weighted by molar-refractivity contribution is 0.533. The Morgan fingerprint density at radius 3 is 2.86 bits per heavy atom. The number of hydrogen-bond acceptors (Lipinski definition) is 5. The van der Waals surface area contributed by atoms with Crippen LogP contribution in [0.4, 0.5) is 0 Å². The zero-order valence-corrected chi connectivity index (χ0v) is 13.6. The van der Waals surface area contributed by atoms with Crippen molar-refractivity contribution in [2.24, 2.45) is 0 Å². The van der Waals surface area contributed by atoms with Gasteiger partial charge in [0.05, 0.1) is 0 Å². The molecule has 0 amide bonds. The monoisotopic (exact) mass is 307 g/mol. The van der Waals surface area contributed by atoms with Gasteiger partial charge in [-0.05, 0) is 45.1 Å². The average molecular weight is 307 g/mol. The summed E-state index contributed by atoms with van der Waals surface area (Å²) in [5.74, 6) is 0. The molecule has 0 aliphatic carbocycles. The summed E-state index contributed by atoms with van der Waals surface area (Å²) in [4.78, 5) is 16.2. The number of nitrogens with one attached hydrogen (secondary N) is 2. The second kappa shape index (κ2) is 6.91. The molecule has 0 aliphatic heterocycles. The number of nitrogens with zero attached hydrogens (tertiary/aromatic N) is 3. The van der Waals surface area contributed by atoms with E-state index in [1.54, 1.807) is 10.8 Å². The maximum absolute atomic E-state index is 11.8. The average Bonchev–Trinajstić information content (AvgIpc) is 2.80. The molecule has 0 bridgehead atoms. The van der Waals surface area contributed by atoms with Gasteiger partial charge in [0, 0.05) is 23.8 Å². The van der Waals surface area contributed by atoms with E-state index in [0.29, 0.717) is 5.16 Å². The number of aromatic amines is 1. The van der Waals surface area contributed by atoms with Crippen LogP contribution < -0.4 is 11.0 Å². The first-order chi connectivity index (χ1) is 10.0. The highest BCUT2D eigenvalue weighted by atomic mass is 32.2. The number of H-pyrrole nitrogens is 1. The van der Waals surface area contributed by atoms with Crippen LogP contribution in [0.25, 0.3) is 0 Å². The molecule has 114 valence electrons. The predicted octanol–water partition coefficient (Wildman–Crippen LogP) is 2.37. The van der Waals surface area contributed by atoms with Crippen LogP contribution in [0.2, 0.25) is 0 Å². The van der Waals surface area contributed by atoms with Crippen LogP contribution >= 0.6 is 11.8 Å². The molecule has 1 unspecified atom stereocenters. The molecule has 0 aromatic carbocycles. The Balaban J connectivity index is 2.34. The summed E-state index contributed by atoms with van der Waals surface area (Å²) < 4.78 is 1.64. The van der Waals surface area contributed by atoms with Gasteiger partial charge in [0.25, 0.3) is 0 Å². The maximum atomic E-state index is 11.8. The molecule has 0 saturated heterocycles. The first-order valence-corrected chi connectivity index (χ1v) is 7.89. The van der Waals surface area contributed by atoms with Gasteiger partial charge in [-0.25, -0.2) is 14.9 Å². The van der Waals surface area contributed by atoms with Gasteiger partial charge < -0.3 is 5.32 Å². The number of rotatable bonds is 6. The number of hydrogen-bond donors (Lipinski definition) is 2. The first-order valence-electron chi connectivity index (χ1n) is 7.07. The number of pyridine rings is 1. The Kier molecular flexibility index (Phi) is 5.19. The van der Waals surface area contributed by atoms with E-state index >= 15 is 0 Å². The van der Waals surface area contributed by atoms with Crippen molar-refractivity contribution < 1.29 is 0 Å². The lowest BCUT2D eigenvalue weighted by Crippen LogP contribution is -2.20. The lowest BCUT2D eigenvalue weighted by atomic mass is 10.1. The minimum atomic E-state index is -0.190. The van der Waals surface area contributed by atoms with Crippen LogP contribution in [0.1, 0.15) is 45.3 Å². The molecule has 0 radical (unpaired) electrons. The van der Waals surface area contributed by atoms with Crippen molar-refractivity contribution in [1.82, 2.24) is 25.1 Å². The predicted molar refractivity (Wildman–Crippen MR) is 83.7 cm³/mol. The second-order valence-electron chi connectivity index (χ2n) is 5.05. The number of aromatic nitrogens is 4. The highest BCUT2D eigenvalue weighted by molar-refractivity contribution is 7.99. The van der Waals surface area contributed by atoms with E-state index in [1.807, 2.05) is 26.0 Å². The molecule has 2 heterocycles. The standard InChI is InChI=1S/C14H21N5OS/c1-5-15-10(4)11-7-6-8-16-12(11)21-14-18-17-13(20)19(14)9(2)3/h6-10,15H,5H2,1-4H3,(H,17,20). The highest BCUT2D eigenvalue weighted by Crippen LogP contribution is 2.30. The van der Waals surface area contributed by atoms with Gasteiger partial charge in [-0.3, -0.25) is 4.57 Å². The topological polar surface area (TPSA) is 75.6 Å². The molecule has 2 rings (SSSR count). The summed E-state index contributed by atoms with van der Waals surface area (Å²) in [6, 6.07) is 4.22. The SMILES string of the molecule is CCNC(C)c1cccnc1Sc1n[nH]c(=O)n1C(C)C. The van der Waals surface area contributed by atoms with Crippen molar-refractivity contribution >= 4 is 11.8 Å². The molecule has 0 fully saturated rings. The molecular weight excluding hydrogens is 286 g/mol. The van der Waals surface area contributed by atoms with Gasteiger partial charge >= 0.3 is 5.69 Å². The smallest absolute Gasteiger partial charge is 0.310 e. The summed E-state index contributed by atoms with van der Waals surface area (Å²) >= 11 is 1.41. The van der Waals surface area contributed by atoms with E-state index in [0.717, 1.165) is 17.1 Å². The molecule has 0 spiro atoms. The first kappa shape index (κ1) is 15.8. The third kappa shape index (κ3) is 3.54. The third-order valence-corrected chi connectivity index (χ3v) is 4.16. The fourth-order valence-corrected chi connectivity index (χ4v) is 3.27. The lowest BCUT2D eigenvalue weighted by Gasteiger charge is -2.16. The van der Waals surface area contributed by atoms with Crippen molar-refractivity contribution in [3.63, 3.8) is 0 Å². The molecule has 2 N–H and O–H groups in total. The summed E-state index contributed by atoms with van der Waals surface area (Å²) in [5.41, 5.74) is 0.916. The molecule has 2 aromatic heterocycles. The minimum absolute atomic E-state index is 0.0529. The van der Waals surface area contributed by atoms with Crippen molar-refractivity contribution in [3.8, 4) is 0 Å². The maximum Gasteiger partial charge on any atom is 0.344 e. The Hall–Kier alpha value is -1.60. The molecule has 0 saturated carbocycles. The molecule has 21 heavy (non-hydrogen) atoms. The third-order valence-electron chi connectivity index (χ3n) is 3.15. The van der Waals surface area contributed by atoms with Crippen molar-refractivity contribution in [1.29, 1.82) is 0 Å². The fraction of sp³-hybridized carbons (Fsp3) is 0.500. The molecule has 0 aliphatic rings. The van der Waals surface area contributed by atoms with Crippen molar-refractivity contribution in [2.45, 2.75) is 50.0 Å². The highest BCUT2D eigenvalue weighted by Gasteiger charge is 2.17. The van der Waals surface area contributed by atoms with Crippen LogP contribution in [0.3, 0.4) is 0 Å². The Morgan fingerprint density at radius 2 is 2.19 bits per heavy atom. The minimum Gasteiger partial charge on any atom is -0.310 e. The van der Waals surface area contributed by atoms with Gasteiger partial charge in [-0.1, -0.05) is 13.0 Å². The molecular formula is C14H21N5OS. The van der Waals surface area contributed by atoms with Gasteiger partial charge in [0.2, 0.25) is 0 Å². The van der Waals surface area contributed by atoms with Crippen LogP contribution in [-0.2, 0) is 0 Å². The van der Waals surface area contributed by atoms with Gasteiger partial charge in [0.1, 0.15) is 5.03 Å². The van der Waals surface area contributed by atoms with E-state index < -0.39 is 0 Å². The van der Waals surface area contributed by atoms with Crippen molar-refractivity contribution in [2.75, 3.05) is 6.54 Å². The van der Waals surface area contributed by atoms with E-state index in [4.69, 9.17) is 0 Å². The fourth-order valence-electron chi connectivity index (χ4n) is 2.14. The molecule has 7 heteroatoms. The van der Waals surface area contributed by atoms with Crippen LogP contribution in [0, 0.1) is 0 Å². The summed E-state index contributed by atoms with van der Waals surface area (Å²) in [7, 11) is 0. The second-order valence-corrected chi connectivity index (χ2v) is 6.01. The van der Waals surface area contributed by atoms with Crippen LogP contribution in [0.5, 0.6) is 0 Å². The summed E-state index contributed by atoms with van der Waals surface area (Å²) in [5, 5.41) is 11.5. The van der Waals surface area contributed by atoms with E-state index in [1.165, 1.54) is 11.8 Å². The summed E-state index contributed by atoms with van der Waals surface area (Å²) in [6.45, 7) is 8.98. The molecule has 2 aromatic rings. The summed E-state index contributed by atoms with van der Waals surface area (Å²) in [6.07, 6.45) is 1.76. The van der Waals surface area contributed by atoms with Crippen LogP contribution in [-0.4, -0.2) is 26.3 Å². The zero-order valence-electron chi connectivity index (χ0n) is 12.8. The van der Waals surface area contributed by atoms with E-state index in [-0.39, 0.29) is 17.8 Å². The normalized spacial score (nSPS) is 12.8. The molecule has 1 atom stereocenters. The van der Waals surface area contributed by atoms with E-state index in [2.05, 4.69) is 34.3 Å². The quantitative estimate of drug-likeness (QED) is 0.857. The van der Waals surface area contributed by atoms with Crippen LogP contribution in [0.15, 0.2) is 33.3 Å². The van der Waals surface area contributed by atoms with Gasteiger partial charge in [-0.15, -0.1) is 5.10 Å². The molecule has 6 nitrogen and oxygen atoms in total. The van der Waals surface area contributed by atoms with Crippen molar-refractivity contribution in [3.05, 3.63) is 34.4 Å². The van der Waals surface area contributed by atoms with Gasteiger partial charge in [-0.2, -0.15) is 0 Å². The Bertz CT molecular complexity index is 649. The Morgan fingerprint density at radius 1 is 1.43 bits per heavy atom. The largest absolute Gasteiger partial charge is 0.344 e. The van der Waals surface area contributed by atoms with E-state index in [9.17, 15) is 4.79 Å². The zero-order chi connectivity index (χ0) is 15.4. The van der Waals surface area contributed by atoms with Gasteiger partial charge in [0.15, 0.2) is 5.16 Å². The Labute approximate surface area is 128 Å².